The molecule has 0 saturated heterocycles. The molecule has 7 nitrogen and oxygen atoms in total. The number of nitrogens with zero attached hydrogens (tertiary/aromatic N) is 1. The Labute approximate surface area is 138 Å². The molecule has 24 heavy (non-hydrogen) atoms. The number of hydrogen-bond donors (Lipinski definition) is 0. The van der Waals surface area contributed by atoms with Gasteiger partial charge in [0.05, 0.1) is 12.0 Å². The first kappa shape index (κ1) is 15.7. The van der Waals surface area contributed by atoms with Gasteiger partial charge in [0, 0.05) is 0 Å². The van der Waals surface area contributed by atoms with E-state index in [0.29, 0.717) is 0 Å². The smallest absolute Gasteiger partial charge is 0.325 e. The molecule has 0 saturated carbocycles. The van der Waals surface area contributed by atoms with Gasteiger partial charge in [-0.15, -0.1) is 0 Å². The standard InChI is InChI=1S/C17H15NO6/c1-21-16-14(24-11-12-5-3-2-4-6-12)8-7-13(15(16)18(19)20)17-22-9-10-23-17/h2-10,17H,11H2,1H3. The van der Waals surface area contributed by atoms with Crippen LogP contribution >= 0.6 is 0 Å². The molecular formula is C17H15NO6. The summed E-state index contributed by atoms with van der Waals surface area (Å²) in [5.74, 6) is 0.315. The molecule has 0 aliphatic carbocycles. The molecule has 0 fully saturated rings. The van der Waals surface area contributed by atoms with Crippen LogP contribution < -0.4 is 9.47 Å². The summed E-state index contributed by atoms with van der Waals surface area (Å²) in [5, 5.41) is 11.5. The van der Waals surface area contributed by atoms with Gasteiger partial charge in [-0.25, -0.2) is 0 Å². The lowest BCUT2D eigenvalue weighted by molar-refractivity contribution is -0.387. The average Bonchev–Trinajstić information content (AvgIpc) is 3.14. The largest absolute Gasteiger partial charge is 0.488 e. The molecular weight excluding hydrogens is 314 g/mol. The van der Waals surface area contributed by atoms with Crippen molar-refractivity contribution in [3.05, 3.63) is 76.2 Å². The van der Waals surface area contributed by atoms with Crippen molar-refractivity contribution in [3.8, 4) is 11.5 Å². The fraction of sp³-hybridized carbons (Fsp3) is 0.176. The number of hydrogen-bond acceptors (Lipinski definition) is 6. The Morgan fingerprint density at radius 1 is 1.12 bits per heavy atom. The van der Waals surface area contributed by atoms with E-state index in [9.17, 15) is 10.1 Å². The Morgan fingerprint density at radius 2 is 1.83 bits per heavy atom. The first-order valence-corrected chi connectivity index (χ1v) is 7.18. The highest BCUT2D eigenvalue weighted by atomic mass is 16.7. The third-order valence-corrected chi connectivity index (χ3v) is 3.46. The van der Waals surface area contributed by atoms with Gasteiger partial charge in [-0.1, -0.05) is 30.3 Å². The maximum Gasteiger partial charge on any atom is 0.325 e. The zero-order valence-electron chi connectivity index (χ0n) is 12.9. The zero-order valence-corrected chi connectivity index (χ0v) is 12.9. The summed E-state index contributed by atoms with van der Waals surface area (Å²) in [4.78, 5) is 11.0. The van der Waals surface area contributed by atoms with Gasteiger partial charge in [0.15, 0.2) is 5.75 Å². The summed E-state index contributed by atoms with van der Waals surface area (Å²) in [5.41, 5.74) is 0.962. The summed E-state index contributed by atoms with van der Waals surface area (Å²) in [6.07, 6.45) is 1.80. The molecule has 0 radical (unpaired) electrons. The van der Waals surface area contributed by atoms with E-state index < -0.39 is 11.2 Å². The number of nitro groups is 1. The zero-order chi connectivity index (χ0) is 16.9. The van der Waals surface area contributed by atoms with Crippen LogP contribution in [0, 0.1) is 10.1 Å². The Hall–Kier alpha value is -3.22. The molecule has 1 aliphatic heterocycles. The second kappa shape index (κ2) is 6.91. The Morgan fingerprint density at radius 3 is 2.46 bits per heavy atom. The van der Waals surface area contributed by atoms with Crippen LogP contribution in [0.5, 0.6) is 11.5 Å². The molecule has 1 heterocycles. The fourth-order valence-electron chi connectivity index (χ4n) is 2.38. The van der Waals surface area contributed by atoms with Gasteiger partial charge in [0.1, 0.15) is 24.7 Å². The molecule has 0 N–H and O–H groups in total. The minimum Gasteiger partial charge on any atom is -0.488 e. The van der Waals surface area contributed by atoms with Gasteiger partial charge in [-0.2, -0.15) is 0 Å². The van der Waals surface area contributed by atoms with Crippen LogP contribution in [0.3, 0.4) is 0 Å². The van der Waals surface area contributed by atoms with Crippen molar-refractivity contribution < 1.29 is 23.9 Å². The molecule has 0 amide bonds. The highest BCUT2D eigenvalue weighted by Gasteiger charge is 2.32. The van der Waals surface area contributed by atoms with Gasteiger partial charge in [0.2, 0.25) is 5.75 Å². The minimum atomic E-state index is -0.873. The van der Waals surface area contributed by atoms with Crippen LogP contribution in [-0.2, 0) is 16.1 Å². The van der Waals surface area contributed by atoms with Crippen molar-refractivity contribution in [1.29, 1.82) is 0 Å². The van der Waals surface area contributed by atoms with E-state index >= 15 is 0 Å². The lowest BCUT2D eigenvalue weighted by Crippen LogP contribution is -2.07. The summed E-state index contributed by atoms with van der Waals surface area (Å²) in [7, 11) is 1.36. The molecule has 0 aromatic heterocycles. The first-order chi connectivity index (χ1) is 11.7. The van der Waals surface area contributed by atoms with Crippen molar-refractivity contribution in [2.75, 3.05) is 7.11 Å². The second-order valence-electron chi connectivity index (χ2n) is 4.94. The third kappa shape index (κ3) is 3.10. The quantitative estimate of drug-likeness (QED) is 0.594. The van der Waals surface area contributed by atoms with Crippen LogP contribution in [0.1, 0.15) is 17.4 Å². The molecule has 0 atom stereocenters. The van der Waals surface area contributed by atoms with E-state index in [1.165, 1.54) is 19.6 Å². The van der Waals surface area contributed by atoms with Crippen LogP contribution in [0.4, 0.5) is 5.69 Å². The van der Waals surface area contributed by atoms with Crippen molar-refractivity contribution in [1.82, 2.24) is 0 Å². The highest BCUT2D eigenvalue weighted by Crippen LogP contribution is 2.44. The maximum atomic E-state index is 11.5. The molecule has 0 bridgehead atoms. The number of nitro benzene ring substituents is 1. The monoisotopic (exact) mass is 329 g/mol. The SMILES string of the molecule is COc1c(OCc2ccccc2)ccc(C2OC=CO2)c1[N+](=O)[O-]. The van der Waals surface area contributed by atoms with E-state index in [2.05, 4.69) is 0 Å². The first-order valence-electron chi connectivity index (χ1n) is 7.18. The lowest BCUT2D eigenvalue weighted by atomic mass is 10.1. The number of methoxy groups -OCH3 is 1. The number of ether oxygens (including phenoxy) is 4. The van der Waals surface area contributed by atoms with Crippen molar-refractivity contribution in [2.24, 2.45) is 0 Å². The molecule has 0 unspecified atom stereocenters. The molecule has 3 rings (SSSR count). The number of rotatable bonds is 6. The average molecular weight is 329 g/mol. The summed E-state index contributed by atoms with van der Waals surface area (Å²) < 4.78 is 21.3. The molecule has 2 aromatic carbocycles. The Balaban J connectivity index is 1.92. The molecule has 124 valence electrons. The lowest BCUT2D eigenvalue weighted by Gasteiger charge is -2.15. The predicted octanol–water partition coefficient (Wildman–Crippen LogP) is 3.70. The van der Waals surface area contributed by atoms with E-state index in [1.807, 2.05) is 30.3 Å². The topological polar surface area (TPSA) is 80.1 Å². The molecule has 2 aromatic rings. The second-order valence-corrected chi connectivity index (χ2v) is 4.94. The molecule has 0 spiro atoms. The van der Waals surface area contributed by atoms with Crippen LogP contribution in [0.15, 0.2) is 55.0 Å². The van der Waals surface area contributed by atoms with E-state index in [1.54, 1.807) is 12.1 Å². The van der Waals surface area contributed by atoms with Gasteiger partial charge in [-0.3, -0.25) is 10.1 Å². The predicted molar refractivity (Wildman–Crippen MR) is 84.5 cm³/mol. The highest BCUT2D eigenvalue weighted by molar-refractivity contribution is 5.61. The Kier molecular flexibility index (Phi) is 4.51. The van der Waals surface area contributed by atoms with Gasteiger partial charge >= 0.3 is 5.69 Å². The third-order valence-electron chi connectivity index (χ3n) is 3.46. The van der Waals surface area contributed by atoms with Crippen LogP contribution in [0.25, 0.3) is 0 Å². The van der Waals surface area contributed by atoms with Gasteiger partial charge in [-0.05, 0) is 17.7 Å². The maximum absolute atomic E-state index is 11.5. The van der Waals surface area contributed by atoms with Crippen molar-refractivity contribution in [3.63, 3.8) is 0 Å². The van der Waals surface area contributed by atoms with Crippen molar-refractivity contribution >= 4 is 5.69 Å². The molecule has 1 aliphatic rings. The van der Waals surface area contributed by atoms with Gasteiger partial charge < -0.3 is 18.9 Å². The summed E-state index contributed by atoms with van der Waals surface area (Å²) in [6.45, 7) is 0.270. The summed E-state index contributed by atoms with van der Waals surface area (Å²) >= 11 is 0. The molecule has 7 heteroatoms. The summed E-state index contributed by atoms with van der Waals surface area (Å²) in [6, 6.07) is 12.6. The fourth-order valence-corrected chi connectivity index (χ4v) is 2.38. The Bertz CT molecular complexity index is 751. The van der Waals surface area contributed by atoms with Crippen LogP contribution in [-0.4, -0.2) is 12.0 Å². The van der Waals surface area contributed by atoms with Crippen LogP contribution in [0.2, 0.25) is 0 Å². The van der Waals surface area contributed by atoms with Crippen molar-refractivity contribution in [2.45, 2.75) is 12.9 Å². The van der Waals surface area contributed by atoms with E-state index in [4.69, 9.17) is 18.9 Å². The van der Waals surface area contributed by atoms with E-state index in [-0.39, 0.29) is 29.4 Å². The van der Waals surface area contributed by atoms with E-state index in [0.717, 1.165) is 5.56 Å². The number of benzene rings is 2. The minimum absolute atomic E-state index is 0.0348. The normalized spacial score (nSPS) is 13.2. The van der Waals surface area contributed by atoms with Gasteiger partial charge in [0.25, 0.3) is 6.29 Å².